The van der Waals surface area contributed by atoms with E-state index in [-0.39, 0.29) is 23.3 Å². The number of nitrogens with one attached hydrogen (secondary N) is 1. The van der Waals surface area contributed by atoms with Crippen molar-refractivity contribution in [1.82, 2.24) is 5.32 Å². The van der Waals surface area contributed by atoms with Crippen molar-refractivity contribution in [1.29, 1.82) is 0 Å². The molecule has 2 aromatic carbocycles. The molecule has 0 unspecified atom stereocenters. The van der Waals surface area contributed by atoms with Crippen molar-refractivity contribution < 1.29 is 20.1 Å². The Morgan fingerprint density at radius 3 is 2.64 bits per heavy atom. The van der Waals surface area contributed by atoms with E-state index >= 15 is 0 Å². The van der Waals surface area contributed by atoms with Gasteiger partial charge in [0.25, 0.3) is 0 Å². The van der Waals surface area contributed by atoms with Gasteiger partial charge in [-0.1, -0.05) is 6.07 Å². The lowest BCUT2D eigenvalue weighted by molar-refractivity contribution is 0.372. The van der Waals surface area contributed by atoms with Crippen molar-refractivity contribution in [2.24, 2.45) is 0 Å². The van der Waals surface area contributed by atoms with Gasteiger partial charge in [0.1, 0.15) is 0 Å². The molecule has 22 heavy (non-hydrogen) atoms. The summed E-state index contributed by atoms with van der Waals surface area (Å²) in [5, 5.41) is 32.5. The minimum atomic E-state index is -0.101. The third-order valence-corrected chi connectivity index (χ3v) is 4.08. The Balaban J connectivity index is 1.90. The molecule has 0 radical (unpaired) electrons. The first-order valence-corrected chi connectivity index (χ1v) is 7.22. The number of rotatable bonds is 3. The van der Waals surface area contributed by atoms with Crippen molar-refractivity contribution in [3.8, 4) is 23.0 Å². The lowest BCUT2D eigenvalue weighted by Gasteiger charge is -2.27. The fraction of sp³-hybridized carbons (Fsp3) is 0.294. The first-order valence-electron chi connectivity index (χ1n) is 7.22. The van der Waals surface area contributed by atoms with Gasteiger partial charge in [-0.15, -0.1) is 0 Å². The highest BCUT2D eigenvalue weighted by atomic mass is 16.5. The second kappa shape index (κ2) is 5.77. The Kier molecular flexibility index (Phi) is 3.81. The molecule has 0 aromatic heterocycles. The number of fused-ring (bicyclic) bond motifs is 1. The lowest BCUT2D eigenvalue weighted by Crippen LogP contribution is -2.31. The lowest BCUT2D eigenvalue weighted by atomic mass is 9.90. The maximum absolute atomic E-state index is 9.75. The van der Waals surface area contributed by atoms with E-state index in [1.807, 2.05) is 12.1 Å². The summed E-state index contributed by atoms with van der Waals surface area (Å²) < 4.78 is 5.14. The Bertz CT molecular complexity index is 699. The summed E-state index contributed by atoms with van der Waals surface area (Å²) in [5.74, 6) is 0.384. The van der Waals surface area contributed by atoms with Gasteiger partial charge in [-0.2, -0.15) is 0 Å². The third-order valence-electron chi connectivity index (χ3n) is 4.08. The maximum atomic E-state index is 9.75. The van der Waals surface area contributed by atoms with Crippen LogP contribution in [0.5, 0.6) is 23.0 Å². The SMILES string of the molecule is COc1cc(C[C@H]2NCCc3cc(O)c(O)cc32)ccc1O. The van der Waals surface area contributed by atoms with Gasteiger partial charge in [0, 0.05) is 6.04 Å². The summed E-state index contributed by atoms with van der Waals surface area (Å²) in [6.45, 7) is 0.817. The standard InChI is InChI=1S/C17H19NO4/c1-22-17-7-10(2-3-14(17)19)6-13-12-9-16(21)15(20)8-11(12)4-5-18-13/h2-3,7-9,13,18-21H,4-6H2,1H3/t13-/m1/s1. The minimum Gasteiger partial charge on any atom is -0.504 e. The van der Waals surface area contributed by atoms with Crippen molar-refractivity contribution >= 4 is 0 Å². The molecule has 5 heteroatoms. The van der Waals surface area contributed by atoms with Crippen LogP contribution in [0.3, 0.4) is 0 Å². The molecule has 0 saturated heterocycles. The van der Waals surface area contributed by atoms with Gasteiger partial charge >= 0.3 is 0 Å². The topological polar surface area (TPSA) is 82.0 Å². The van der Waals surface area contributed by atoms with Crippen molar-refractivity contribution in [3.05, 3.63) is 47.0 Å². The highest BCUT2D eigenvalue weighted by molar-refractivity contribution is 5.48. The number of hydrogen-bond acceptors (Lipinski definition) is 5. The van der Waals surface area contributed by atoms with Gasteiger partial charge in [0.15, 0.2) is 23.0 Å². The second-order valence-corrected chi connectivity index (χ2v) is 5.51. The number of hydrogen-bond donors (Lipinski definition) is 4. The molecule has 0 amide bonds. The third kappa shape index (κ3) is 2.67. The molecule has 116 valence electrons. The monoisotopic (exact) mass is 301 g/mol. The largest absolute Gasteiger partial charge is 0.504 e. The molecule has 1 aliphatic rings. The van der Waals surface area contributed by atoms with E-state index in [0.29, 0.717) is 12.2 Å². The Morgan fingerprint density at radius 1 is 1.09 bits per heavy atom. The van der Waals surface area contributed by atoms with Gasteiger partial charge in [0.05, 0.1) is 7.11 Å². The molecule has 1 heterocycles. The van der Waals surface area contributed by atoms with Gasteiger partial charge in [-0.3, -0.25) is 0 Å². The molecule has 5 nitrogen and oxygen atoms in total. The van der Waals surface area contributed by atoms with Crippen LogP contribution in [-0.2, 0) is 12.8 Å². The number of phenolic OH excluding ortho intramolecular Hbond substituents is 3. The quantitative estimate of drug-likeness (QED) is 0.654. The van der Waals surface area contributed by atoms with Gasteiger partial charge in [-0.25, -0.2) is 0 Å². The highest BCUT2D eigenvalue weighted by Gasteiger charge is 2.22. The smallest absolute Gasteiger partial charge is 0.160 e. The Hall–Kier alpha value is -2.40. The van der Waals surface area contributed by atoms with E-state index in [2.05, 4.69) is 5.32 Å². The van der Waals surface area contributed by atoms with Crippen LogP contribution < -0.4 is 10.1 Å². The molecule has 2 aromatic rings. The molecule has 3 rings (SSSR count). The Labute approximate surface area is 128 Å². The van der Waals surface area contributed by atoms with E-state index < -0.39 is 0 Å². The molecule has 0 spiro atoms. The number of benzene rings is 2. The average Bonchev–Trinajstić information content (AvgIpc) is 2.51. The van der Waals surface area contributed by atoms with Crippen LogP contribution in [0.4, 0.5) is 0 Å². The zero-order valence-corrected chi connectivity index (χ0v) is 12.3. The van der Waals surface area contributed by atoms with Crippen LogP contribution in [0.15, 0.2) is 30.3 Å². The zero-order chi connectivity index (χ0) is 15.7. The van der Waals surface area contributed by atoms with Crippen molar-refractivity contribution in [3.63, 3.8) is 0 Å². The minimum absolute atomic E-state index is 0.0458. The van der Waals surface area contributed by atoms with E-state index in [9.17, 15) is 15.3 Å². The summed E-state index contributed by atoms with van der Waals surface area (Å²) in [5.41, 5.74) is 3.06. The highest BCUT2D eigenvalue weighted by Crippen LogP contribution is 2.35. The van der Waals surface area contributed by atoms with Crippen LogP contribution in [-0.4, -0.2) is 29.0 Å². The predicted molar refractivity (Wildman–Crippen MR) is 82.6 cm³/mol. The molecule has 4 N–H and O–H groups in total. The van der Waals surface area contributed by atoms with Crippen molar-refractivity contribution in [2.45, 2.75) is 18.9 Å². The first kappa shape index (κ1) is 14.5. The molecule has 1 atom stereocenters. The van der Waals surface area contributed by atoms with Gasteiger partial charge < -0.3 is 25.4 Å². The van der Waals surface area contributed by atoms with Gasteiger partial charge in [0.2, 0.25) is 0 Å². The fourth-order valence-corrected chi connectivity index (χ4v) is 2.93. The van der Waals surface area contributed by atoms with Crippen LogP contribution >= 0.6 is 0 Å². The van der Waals surface area contributed by atoms with E-state index in [1.165, 1.54) is 7.11 Å². The first-order chi connectivity index (χ1) is 10.6. The van der Waals surface area contributed by atoms with Crippen LogP contribution in [0, 0.1) is 0 Å². The number of methoxy groups -OCH3 is 1. The zero-order valence-electron chi connectivity index (χ0n) is 12.3. The molecular formula is C17H19NO4. The van der Waals surface area contributed by atoms with Crippen LogP contribution in [0.1, 0.15) is 22.7 Å². The molecule has 0 aliphatic carbocycles. The second-order valence-electron chi connectivity index (χ2n) is 5.51. The molecule has 0 saturated carbocycles. The predicted octanol–water partition coefficient (Wildman–Crippen LogP) is 2.24. The molecule has 0 bridgehead atoms. The van der Waals surface area contributed by atoms with Crippen molar-refractivity contribution in [2.75, 3.05) is 13.7 Å². The maximum Gasteiger partial charge on any atom is 0.160 e. The van der Waals surface area contributed by atoms with Crippen LogP contribution in [0.2, 0.25) is 0 Å². The Morgan fingerprint density at radius 2 is 1.86 bits per heavy atom. The van der Waals surface area contributed by atoms with E-state index in [1.54, 1.807) is 18.2 Å². The van der Waals surface area contributed by atoms with Gasteiger partial charge in [-0.05, 0) is 60.3 Å². The van der Waals surface area contributed by atoms with E-state index in [0.717, 1.165) is 29.7 Å². The summed E-state index contributed by atoms with van der Waals surface area (Å²) >= 11 is 0. The normalized spacial score (nSPS) is 17.0. The number of phenols is 3. The summed E-state index contributed by atoms with van der Waals surface area (Å²) in [6.07, 6.45) is 1.52. The number of aromatic hydroxyl groups is 3. The van der Waals surface area contributed by atoms with Crippen LogP contribution in [0.25, 0.3) is 0 Å². The fourth-order valence-electron chi connectivity index (χ4n) is 2.93. The number of ether oxygens (including phenoxy) is 1. The summed E-state index contributed by atoms with van der Waals surface area (Å²) in [7, 11) is 1.52. The summed E-state index contributed by atoms with van der Waals surface area (Å²) in [4.78, 5) is 0. The molecule has 1 aliphatic heterocycles. The molecule has 0 fully saturated rings. The molecular weight excluding hydrogens is 282 g/mol. The summed E-state index contributed by atoms with van der Waals surface area (Å²) in [6, 6.07) is 8.59. The van der Waals surface area contributed by atoms with E-state index in [4.69, 9.17) is 4.74 Å². The average molecular weight is 301 g/mol.